The van der Waals surface area contributed by atoms with Crippen LogP contribution in [0.5, 0.6) is 0 Å². The van der Waals surface area contributed by atoms with E-state index < -0.39 is 10.0 Å². The molecule has 0 bridgehead atoms. The van der Waals surface area contributed by atoms with Crippen LogP contribution in [0.15, 0.2) is 0 Å². The van der Waals surface area contributed by atoms with E-state index in [4.69, 9.17) is 0 Å². The van der Waals surface area contributed by atoms with Gasteiger partial charge in [0.15, 0.2) is 0 Å². The van der Waals surface area contributed by atoms with Crippen molar-refractivity contribution in [1.82, 2.24) is 10.0 Å². The average Bonchev–Trinajstić information content (AvgIpc) is 2.62. The molecule has 0 aromatic heterocycles. The van der Waals surface area contributed by atoms with Crippen LogP contribution in [0.3, 0.4) is 0 Å². The summed E-state index contributed by atoms with van der Waals surface area (Å²) in [7, 11) is -1.22. The van der Waals surface area contributed by atoms with Gasteiger partial charge in [0.2, 0.25) is 10.0 Å². The smallest absolute Gasteiger partial charge is 0.211 e. The highest BCUT2D eigenvalue weighted by Gasteiger charge is 2.22. The number of rotatable bonds is 7. The standard InChI is InChI=1S/C11H24N2O2S/c1-10-4-5-11(8-10)9-13-16(14,15)7-3-6-12-2/h10-13H,3-9H2,1-2H3. The van der Waals surface area contributed by atoms with Gasteiger partial charge in [0.1, 0.15) is 0 Å². The first kappa shape index (κ1) is 13.9. The van der Waals surface area contributed by atoms with Crippen LogP contribution in [0, 0.1) is 11.8 Å². The normalized spacial score (nSPS) is 26.1. The molecule has 4 nitrogen and oxygen atoms in total. The molecule has 0 aromatic rings. The van der Waals surface area contributed by atoms with Crippen LogP contribution in [0.4, 0.5) is 0 Å². The Labute approximate surface area is 99.2 Å². The molecule has 96 valence electrons. The molecule has 0 amide bonds. The van der Waals surface area contributed by atoms with Crippen LogP contribution in [0.2, 0.25) is 0 Å². The van der Waals surface area contributed by atoms with E-state index in [1.165, 1.54) is 19.3 Å². The van der Waals surface area contributed by atoms with Crippen LogP contribution in [-0.2, 0) is 10.0 Å². The number of hydrogen-bond acceptors (Lipinski definition) is 3. The second-order valence-corrected chi connectivity index (χ2v) is 6.84. The zero-order valence-corrected chi connectivity index (χ0v) is 11.1. The minimum absolute atomic E-state index is 0.232. The fourth-order valence-electron chi connectivity index (χ4n) is 2.27. The van der Waals surface area contributed by atoms with Gasteiger partial charge in [-0.2, -0.15) is 0 Å². The maximum Gasteiger partial charge on any atom is 0.211 e. The van der Waals surface area contributed by atoms with Crippen molar-refractivity contribution in [3.63, 3.8) is 0 Å². The maximum atomic E-state index is 11.6. The van der Waals surface area contributed by atoms with E-state index in [9.17, 15) is 8.42 Å². The molecule has 5 heteroatoms. The van der Waals surface area contributed by atoms with Crippen molar-refractivity contribution in [2.75, 3.05) is 25.9 Å². The van der Waals surface area contributed by atoms with Crippen molar-refractivity contribution in [2.45, 2.75) is 32.6 Å². The van der Waals surface area contributed by atoms with E-state index >= 15 is 0 Å². The molecule has 1 aliphatic carbocycles. The summed E-state index contributed by atoms with van der Waals surface area (Å²) >= 11 is 0. The highest BCUT2D eigenvalue weighted by Crippen LogP contribution is 2.29. The summed E-state index contributed by atoms with van der Waals surface area (Å²) in [4.78, 5) is 0. The maximum absolute atomic E-state index is 11.6. The van der Waals surface area contributed by atoms with Crippen molar-refractivity contribution >= 4 is 10.0 Å². The van der Waals surface area contributed by atoms with Crippen LogP contribution in [0.1, 0.15) is 32.6 Å². The largest absolute Gasteiger partial charge is 0.320 e. The van der Waals surface area contributed by atoms with E-state index in [2.05, 4.69) is 17.0 Å². The quantitative estimate of drug-likeness (QED) is 0.660. The lowest BCUT2D eigenvalue weighted by molar-refractivity contribution is 0.498. The van der Waals surface area contributed by atoms with E-state index in [1.54, 1.807) is 0 Å². The molecule has 16 heavy (non-hydrogen) atoms. The predicted molar refractivity (Wildman–Crippen MR) is 66.8 cm³/mol. The first-order valence-corrected chi connectivity index (χ1v) is 7.80. The zero-order chi connectivity index (χ0) is 12.0. The third kappa shape index (κ3) is 5.27. The van der Waals surface area contributed by atoms with Gasteiger partial charge in [0.05, 0.1) is 5.75 Å². The molecular formula is C11H24N2O2S. The molecule has 1 fully saturated rings. The van der Waals surface area contributed by atoms with Gasteiger partial charge >= 0.3 is 0 Å². The summed E-state index contributed by atoms with van der Waals surface area (Å²) in [6, 6.07) is 0. The molecule has 0 heterocycles. The van der Waals surface area contributed by atoms with Crippen LogP contribution < -0.4 is 10.0 Å². The molecule has 0 aliphatic heterocycles. The lowest BCUT2D eigenvalue weighted by Crippen LogP contribution is -2.31. The highest BCUT2D eigenvalue weighted by molar-refractivity contribution is 7.89. The lowest BCUT2D eigenvalue weighted by atomic mass is 10.1. The van der Waals surface area contributed by atoms with Crippen LogP contribution in [0.25, 0.3) is 0 Å². The fraction of sp³-hybridized carbons (Fsp3) is 1.00. The SMILES string of the molecule is CNCCCS(=O)(=O)NCC1CCC(C)C1. The Hall–Kier alpha value is -0.130. The highest BCUT2D eigenvalue weighted by atomic mass is 32.2. The third-order valence-corrected chi connectivity index (χ3v) is 4.67. The van der Waals surface area contributed by atoms with E-state index in [-0.39, 0.29) is 5.75 Å². The van der Waals surface area contributed by atoms with Gasteiger partial charge in [-0.05, 0) is 44.7 Å². The Morgan fingerprint density at radius 3 is 2.62 bits per heavy atom. The summed E-state index contributed by atoms with van der Waals surface area (Å²) in [6.07, 6.45) is 4.25. The van der Waals surface area contributed by atoms with Gasteiger partial charge in [-0.1, -0.05) is 13.3 Å². The average molecular weight is 248 g/mol. The fourth-order valence-corrected chi connectivity index (χ4v) is 3.42. The first-order valence-electron chi connectivity index (χ1n) is 6.15. The third-order valence-electron chi connectivity index (χ3n) is 3.24. The molecule has 0 saturated heterocycles. The molecule has 0 aromatic carbocycles. The molecule has 0 radical (unpaired) electrons. The van der Waals surface area contributed by atoms with E-state index in [0.29, 0.717) is 18.9 Å². The topological polar surface area (TPSA) is 58.2 Å². The van der Waals surface area contributed by atoms with Gasteiger partial charge in [0, 0.05) is 6.54 Å². The molecule has 2 unspecified atom stereocenters. The number of hydrogen-bond donors (Lipinski definition) is 2. The van der Waals surface area contributed by atoms with Crippen molar-refractivity contribution in [3.8, 4) is 0 Å². The van der Waals surface area contributed by atoms with Crippen molar-refractivity contribution in [1.29, 1.82) is 0 Å². The lowest BCUT2D eigenvalue weighted by Gasteiger charge is -2.11. The molecule has 2 atom stereocenters. The predicted octanol–water partition coefficient (Wildman–Crippen LogP) is 0.952. The van der Waals surface area contributed by atoms with Crippen molar-refractivity contribution in [3.05, 3.63) is 0 Å². The van der Waals surface area contributed by atoms with Gasteiger partial charge in [-0.25, -0.2) is 13.1 Å². The molecule has 1 saturated carbocycles. The molecule has 1 aliphatic rings. The summed E-state index contributed by atoms with van der Waals surface area (Å²) < 4.78 is 25.9. The monoisotopic (exact) mass is 248 g/mol. The molecular weight excluding hydrogens is 224 g/mol. The van der Waals surface area contributed by atoms with Gasteiger partial charge in [-0.3, -0.25) is 0 Å². The summed E-state index contributed by atoms with van der Waals surface area (Å²) in [5, 5.41) is 2.95. The van der Waals surface area contributed by atoms with Crippen molar-refractivity contribution < 1.29 is 8.42 Å². The zero-order valence-electron chi connectivity index (χ0n) is 10.3. The Morgan fingerprint density at radius 1 is 1.31 bits per heavy atom. The van der Waals surface area contributed by atoms with E-state index in [0.717, 1.165) is 12.5 Å². The Balaban J connectivity index is 2.20. The van der Waals surface area contributed by atoms with Gasteiger partial charge in [0.25, 0.3) is 0 Å². The number of sulfonamides is 1. The Kier molecular flexibility index (Phi) is 5.72. The Morgan fingerprint density at radius 2 is 2.06 bits per heavy atom. The Bertz CT molecular complexity index is 290. The summed E-state index contributed by atoms with van der Waals surface area (Å²) in [5.41, 5.74) is 0. The second-order valence-electron chi connectivity index (χ2n) is 4.91. The second kappa shape index (κ2) is 6.57. The van der Waals surface area contributed by atoms with Crippen LogP contribution >= 0.6 is 0 Å². The number of nitrogens with one attached hydrogen (secondary N) is 2. The van der Waals surface area contributed by atoms with Crippen LogP contribution in [-0.4, -0.2) is 34.3 Å². The van der Waals surface area contributed by atoms with Gasteiger partial charge < -0.3 is 5.32 Å². The van der Waals surface area contributed by atoms with Gasteiger partial charge in [-0.15, -0.1) is 0 Å². The van der Waals surface area contributed by atoms with E-state index in [1.807, 2.05) is 7.05 Å². The molecule has 2 N–H and O–H groups in total. The molecule has 1 rings (SSSR count). The summed E-state index contributed by atoms with van der Waals surface area (Å²) in [5.74, 6) is 1.55. The first-order chi connectivity index (χ1) is 7.53. The van der Waals surface area contributed by atoms with Crippen molar-refractivity contribution in [2.24, 2.45) is 11.8 Å². The minimum atomic E-state index is -3.05. The summed E-state index contributed by atoms with van der Waals surface area (Å²) in [6.45, 7) is 3.62. The molecule has 0 spiro atoms. The minimum Gasteiger partial charge on any atom is -0.320 e.